The topological polar surface area (TPSA) is 35.2 Å². The summed E-state index contributed by atoms with van der Waals surface area (Å²) < 4.78 is 5.88. The first-order chi connectivity index (χ1) is 9.10. The summed E-state index contributed by atoms with van der Waals surface area (Å²) >= 11 is 0. The van der Waals surface area contributed by atoms with Crippen molar-refractivity contribution in [3.63, 3.8) is 0 Å². The first-order valence-electron chi connectivity index (χ1n) is 6.74. The van der Waals surface area contributed by atoms with Gasteiger partial charge in [0.1, 0.15) is 11.5 Å². The van der Waals surface area contributed by atoms with Crippen LogP contribution < -0.4 is 10.5 Å². The summed E-state index contributed by atoms with van der Waals surface area (Å²) in [7, 11) is 0. The summed E-state index contributed by atoms with van der Waals surface area (Å²) in [5.41, 5.74) is 8.89. The van der Waals surface area contributed by atoms with E-state index in [0.717, 1.165) is 29.2 Å². The lowest BCUT2D eigenvalue weighted by molar-refractivity contribution is 0.478. The highest BCUT2D eigenvalue weighted by Gasteiger charge is 2.05. The van der Waals surface area contributed by atoms with Gasteiger partial charge in [-0.1, -0.05) is 26.0 Å². The van der Waals surface area contributed by atoms with E-state index in [1.54, 1.807) is 0 Å². The number of nitrogen functional groups attached to an aromatic ring is 1. The number of benzene rings is 2. The summed E-state index contributed by atoms with van der Waals surface area (Å²) in [6.45, 7) is 6.44. The third-order valence-corrected chi connectivity index (χ3v) is 3.49. The minimum absolute atomic E-state index is 0.590. The highest BCUT2D eigenvalue weighted by Crippen LogP contribution is 2.28. The van der Waals surface area contributed by atoms with E-state index in [1.807, 2.05) is 37.3 Å². The fourth-order valence-electron chi connectivity index (χ4n) is 2.01. The number of hydrogen-bond donors (Lipinski definition) is 1. The first-order valence-corrected chi connectivity index (χ1v) is 6.74. The minimum atomic E-state index is 0.590. The van der Waals surface area contributed by atoms with Crippen LogP contribution in [0.4, 0.5) is 5.69 Å². The van der Waals surface area contributed by atoms with Crippen molar-refractivity contribution < 1.29 is 4.74 Å². The van der Waals surface area contributed by atoms with Crippen molar-refractivity contribution in [3.05, 3.63) is 53.6 Å². The molecule has 0 aliphatic carbocycles. The Kier molecular flexibility index (Phi) is 4.10. The van der Waals surface area contributed by atoms with Gasteiger partial charge in [-0.05, 0) is 60.7 Å². The molecule has 2 aromatic rings. The molecule has 0 heterocycles. The largest absolute Gasteiger partial charge is 0.457 e. The fourth-order valence-corrected chi connectivity index (χ4v) is 2.01. The summed E-state index contributed by atoms with van der Waals surface area (Å²) in [6.07, 6.45) is 1.15. The van der Waals surface area contributed by atoms with Gasteiger partial charge in [-0.15, -0.1) is 0 Å². The van der Waals surface area contributed by atoms with Crippen LogP contribution in [0.25, 0.3) is 0 Å². The van der Waals surface area contributed by atoms with Gasteiger partial charge in [0.25, 0.3) is 0 Å². The van der Waals surface area contributed by atoms with Crippen molar-refractivity contribution in [2.45, 2.75) is 33.1 Å². The Balaban J connectivity index is 2.15. The maximum Gasteiger partial charge on any atom is 0.130 e. The van der Waals surface area contributed by atoms with Crippen molar-refractivity contribution in [1.29, 1.82) is 0 Å². The van der Waals surface area contributed by atoms with E-state index in [-0.39, 0.29) is 0 Å². The molecule has 100 valence electrons. The van der Waals surface area contributed by atoms with E-state index >= 15 is 0 Å². The number of nitrogens with two attached hydrogens (primary N) is 1. The molecule has 2 heteroatoms. The SMILES string of the molecule is CC[C@H](C)c1ccc(Oc2ccc(N)cc2C)cc1. The summed E-state index contributed by atoms with van der Waals surface area (Å²) in [5.74, 6) is 2.30. The van der Waals surface area contributed by atoms with Gasteiger partial charge in [-0.2, -0.15) is 0 Å². The lowest BCUT2D eigenvalue weighted by atomic mass is 9.99. The van der Waals surface area contributed by atoms with Crippen molar-refractivity contribution >= 4 is 5.69 Å². The predicted octanol–water partition coefficient (Wildman–Crippen LogP) is 4.88. The number of hydrogen-bond acceptors (Lipinski definition) is 2. The quantitative estimate of drug-likeness (QED) is 0.790. The molecular formula is C17H21NO. The van der Waals surface area contributed by atoms with Crippen molar-refractivity contribution in [1.82, 2.24) is 0 Å². The lowest BCUT2D eigenvalue weighted by Gasteiger charge is -2.12. The van der Waals surface area contributed by atoms with Gasteiger partial charge in [0.05, 0.1) is 0 Å². The monoisotopic (exact) mass is 255 g/mol. The molecule has 2 nitrogen and oxygen atoms in total. The molecule has 0 fully saturated rings. The number of anilines is 1. The zero-order chi connectivity index (χ0) is 13.8. The Labute approximate surface area is 115 Å². The van der Waals surface area contributed by atoms with Gasteiger partial charge in [0.2, 0.25) is 0 Å². The van der Waals surface area contributed by atoms with Crippen molar-refractivity contribution in [2.24, 2.45) is 0 Å². The second-order valence-electron chi connectivity index (χ2n) is 5.01. The third kappa shape index (κ3) is 3.28. The molecule has 0 radical (unpaired) electrons. The third-order valence-electron chi connectivity index (χ3n) is 3.49. The Morgan fingerprint density at radius 3 is 2.37 bits per heavy atom. The highest BCUT2D eigenvalue weighted by atomic mass is 16.5. The Bertz CT molecular complexity index is 546. The highest BCUT2D eigenvalue weighted by molar-refractivity contribution is 5.48. The molecule has 1 atom stereocenters. The van der Waals surface area contributed by atoms with Crippen LogP contribution in [-0.2, 0) is 0 Å². The molecule has 0 saturated carbocycles. The number of aryl methyl sites for hydroxylation is 1. The molecule has 0 unspecified atom stereocenters. The molecule has 0 aliphatic heterocycles. The van der Waals surface area contributed by atoms with E-state index in [0.29, 0.717) is 5.92 Å². The molecule has 2 aromatic carbocycles. The predicted molar refractivity (Wildman–Crippen MR) is 80.8 cm³/mol. The van der Waals surface area contributed by atoms with Gasteiger partial charge < -0.3 is 10.5 Å². The van der Waals surface area contributed by atoms with Crippen LogP contribution in [0.15, 0.2) is 42.5 Å². The molecular weight excluding hydrogens is 234 g/mol. The van der Waals surface area contributed by atoms with Crippen LogP contribution in [0.1, 0.15) is 37.3 Å². The van der Waals surface area contributed by atoms with E-state index in [1.165, 1.54) is 5.56 Å². The van der Waals surface area contributed by atoms with Gasteiger partial charge >= 0.3 is 0 Å². The lowest BCUT2D eigenvalue weighted by Crippen LogP contribution is -1.93. The Morgan fingerprint density at radius 1 is 1.11 bits per heavy atom. The molecule has 0 bridgehead atoms. The standard InChI is InChI=1S/C17H21NO/c1-4-12(2)14-5-8-16(9-6-14)19-17-10-7-15(18)11-13(17)3/h5-12H,4,18H2,1-3H3/t12-/m0/s1. The average molecular weight is 255 g/mol. The second-order valence-corrected chi connectivity index (χ2v) is 5.01. The smallest absolute Gasteiger partial charge is 0.130 e. The summed E-state index contributed by atoms with van der Waals surface area (Å²) in [4.78, 5) is 0. The van der Waals surface area contributed by atoms with Crippen LogP contribution in [-0.4, -0.2) is 0 Å². The summed E-state index contributed by atoms with van der Waals surface area (Å²) in [5, 5.41) is 0. The fraction of sp³-hybridized carbons (Fsp3) is 0.294. The van der Waals surface area contributed by atoms with Crippen LogP contribution in [0.2, 0.25) is 0 Å². The van der Waals surface area contributed by atoms with Crippen LogP contribution in [0.3, 0.4) is 0 Å². The Morgan fingerprint density at radius 2 is 1.79 bits per heavy atom. The normalized spacial score (nSPS) is 12.2. The Hall–Kier alpha value is -1.96. The van der Waals surface area contributed by atoms with E-state index in [9.17, 15) is 0 Å². The van der Waals surface area contributed by atoms with Crippen LogP contribution in [0.5, 0.6) is 11.5 Å². The van der Waals surface area contributed by atoms with E-state index in [4.69, 9.17) is 10.5 Å². The molecule has 2 rings (SSSR count). The van der Waals surface area contributed by atoms with Gasteiger partial charge in [-0.25, -0.2) is 0 Å². The van der Waals surface area contributed by atoms with Gasteiger partial charge in [-0.3, -0.25) is 0 Å². The van der Waals surface area contributed by atoms with Gasteiger partial charge in [0.15, 0.2) is 0 Å². The number of ether oxygens (including phenoxy) is 1. The molecule has 0 spiro atoms. The second kappa shape index (κ2) is 5.79. The van der Waals surface area contributed by atoms with Gasteiger partial charge in [0, 0.05) is 5.69 Å². The van der Waals surface area contributed by atoms with E-state index in [2.05, 4.69) is 26.0 Å². The first kappa shape index (κ1) is 13.5. The molecule has 2 N–H and O–H groups in total. The maximum absolute atomic E-state index is 5.88. The van der Waals surface area contributed by atoms with E-state index < -0.39 is 0 Å². The average Bonchev–Trinajstić information content (AvgIpc) is 2.42. The summed E-state index contributed by atoms with van der Waals surface area (Å²) in [6, 6.07) is 14.0. The minimum Gasteiger partial charge on any atom is -0.457 e. The molecule has 19 heavy (non-hydrogen) atoms. The zero-order valence-electron chi connectivity index (χ0n) is 11.8. The maximum atomic E-state index is 5.88. The molecule has 0 saturated heterocycles. The van der Waals surface area contributed by atoms with Crippen molar-refractivity contribution in [3.8, 4) is 11.5 Å². The molecule has 0 amide bonds. The zero-order valence-corrected chi connectivity index (χ0v) is 11.8. The van der Waals surface area contributed by atoms with Crippen LogP contribution in [0, 0.1) is 6.92 Å². The number of rotatable bonds is 4. The molecule has 0 aromatic heterocycles. The van der Waals surface area contributed by atoms with Crippen LogP contribution >= 0.6 is 0 Å². The molecule has 0 aliphatic rings. The van der Waals surface area contributed by atoms with Crippen molar-refractivity contribution in [2.75, 3.05) is 5.73 Å².